The van der Waals surface area contributed by atoms with Crippen LogP contribution in [0.5, 0.6) is 5.75 Å². The van der Waals surface area contributed by atoms with Crippen LogP contribution in [-0.4, -0.2) is 13.7 Å². The molecule has 1 atom stereocenters. The highest BCUT2D eigenvalue weighted by molar-refractivity contribution is 9.10. The molecule has 0 aliphatic carbocycles. The molecule has 21 heavy (non-hydrogen) atoms. The van der Waals surface area contributed by atoms with E-state index in [1.165, 1.54) is 25.3 Å². The fourth-order valence-electron chi connectivity index (χ4n) is 2.26. The highest BCUT2D eigenvalue weighted by Gasteiger charge is 2.21. The molecule has 0 aliphatic heterocycles. The number of hydrogen-bond acceptors (Lipinski definition) is 2. The zero-order chi connectivity index (χ0) is 15.4. The van der Waals surface area contributed by atoms with Crippen LogP contribution >= 0.6 is 15.9 Å². The minimum absolute atomic E-state index is 0.360. The highest BCUT2D eigenvalue weighted by Crippen LogP contribution is 2.32. The van der Waals surface area contributed by atoms with Crippen LogP contribution in [0.15, 0.2) is 40.9 Å². The lowest BCUT2D eigenvalue weighted by Crippen LogP contribution is -2.23. The average Bonchev–Trinajstić information content (AvgIpc) is 2.45. The molecule has 0 saturated carbocycles. The molecule has 0 bridgehead atoms. The molecule has 0 spiro atoms. The minimum Gasteiger partial charge on any atom is -0.496 e. The first kappa shape index (κ1) is 15.9. The summed E-state index contributed by atoms with van der Waals surface area (Å²) in [4.78, 5) is 0. The van der Waals surface area contributed by atoms with Gasteiger partial charge in [0.2, 0.25) is 0 Å². The van der Waals surface area contributed by atoms with Crippen molar-refractivity contribution < 1.29 is 13.5 Å². The van der Waals surface area contributed by atoms with Crippen LogP contribution in [0.3, 0.4) is 0 Å². The van der Waals surface area contributed by atoms with Gasteiger partial charge in [0.05, 0.1) is 13.2 Å². The number of rotatable bonds is 5. The summed E-state index contributed by atoms with van der Waals surface area (Å²) in [7, 11) is 1.51. The Bertz CT molecular complexity index is 634. The smallest absolute Gasteiger partial charge is 0.129 e. The van der Waals surface area contributed by atoms with E-state index in [4.69, 9.17) is 4.74 Å². The Morgan fingerprint density at radius 1 is 1.14 bits per heavy atom. The number of nitrogens with one attached hydrogen (secondary N) is 1. The molecule has 2 nitrogen and oxygen atoms in total. The number of halogens is 3. The number of methoxy groups -OCH3 is 1. The van der Waals surface area contributed by atoms with Gasteiger partial charge in [-0.3, -0.25) is 0 Å². The number of benzene rings is 2. The predicted octanol–water partition coefficient (Wildman–Crippen LogP) is 4.43. The molecule has 5 heteroatoms. The van der Waals surface area contributed by atoms with Crippen LogP contribution in [0.1, 0.15) is 24.1 Å². The molecule has 2 rings (SSSR count). The van der Waals surface area contributed by atoms with Gasteiger partial charge in [-0.2, -0.15) is 0 Å². The van der Waals surface area contributed by atoms with Gasteiger partial charge >= 0.3 is 0 Å². The summed E-state index contributed by atoms with van der Waals surface area (Å²) < 4.78 is 33.8. The van der Waals surface area contributed by atoms with Gasteiger partial charge in [-0.05, 0) is 36.9 Å². The summed E-state index contributed by atoms with van der Waals surface area (Å²) in [6, 6.07) is 8.59. The van der Waals surface area contributed by atoms with Gasteiger partial charge in [-0.25, -0.2) is 8.78 Å². The van der Waals surface area contributed by atoms with E-state index in [-0.39, 0.29) is 11.6 Å². The summed E-state index contributed by atoms with van der Waals surface area (Å²) in [5, 5.41) is 3.18. The van der Waals surface area contributed by atoms with E-state index in [1.807, 2.05) is 6.92 Å². The van der Waals surface area contributed by atoms with Crippen LogP contribution in [0.25, 0.3) is 0 Å². The summed E-state index contributed by atoms with van der Waals surface area (Å²) in [5.41, 5.74) is 1.02. The zero-order valence-electron chi connectivity index (χ0n) is 11.8. The van der Waals surface area contributed by atoms with E-state index < -0.39 is 6.04 Å². The summed E-state index contributed by atoms with van der Waals surface area (Å²) in [6.45, 7) is 2.52. The van der Waals surface area contributed by atoms with E-state index in [2.05, 4.69) is 21.2 Å². The summed E-state index contributed by atoms with van der Waals surface area (Å²) >= 11 is 3.24. The van der Waals surface area contributed by atoms with Gasteiger partial charge in [0.15, 0.2) is 0 Å². The first-order chi connectivity index (χ1) is 10.1. The zero-order valence-corrected chi connectivity index (χ0v) is 13.4. The Hall–Kier alpha value is -1.46. The maximum Gasteiger partial charge on any atom is 0.129 e. The van der Waals surface area contributed by atoms with Gasteiger partial charge in [0.25, 0.3) is 0 Å². The van der Waals surface area contributed by atoms with Crippen LogP contribution in [-0.2, 0) is 0 Å². The van der Waals surface area contributed by atoms with E-state index in [0.29, 0.717) is 27.9 Å². The topological polar surface area (TPSA) is 21.3 Å². The Morgan fingerprint density at radius 3 is 2.52 bits per heavy atom. The Labute approximate surface area is 131 Å². The third-order valence-corrected chi connectivity index (χ3v) is 3.68. The molecule has 0 saturated heterocycles. The average molecular weight is 356 g/mol. The molecule has 0 amide bonds. The van der Waals surface area contributed by atoms with Crippen molar-refractivity contribution in [2.75, 3.05) is 13.7 Å². The van der Waals surface area contributed by atoms with Gasteiger partial charge in [-0.15, -0.1) is 0 Å². The molecule has 0 aliphatic rings. The van der Waals surface area contributed by atoms with Crippen LogP contribution in [0.4, 0.5) is 8.78 Å². The lowest BCUT2D eigenvalue weighted by molar-refractivity contribution is 0.401. The monoisotopic (exact) mass is 355 g/mol. The fraction of sp³-hybridized carbons (Fsp3) is 0.250. The van der Waals surface area contributed by atoms with Crippen molar-refractivity contribution in [1.82, 2.24) is 5.32 Å². The van der Waals surface area contributed by atoms with Crippen LogP contribution in [0.2, 0.25) is 0 Å². The molecule has 112 valence electrons. The van der Waals surface area contributed by atoms with Gasteiger partial charge in [0.1, 0.15) is 17.4 Å². The van der Waals surface area contributed by atoms with Crippen molar-refractivity contribution in [2.24, 2.45) is 0 Å². The first-order valence-corrected chi connectivity index (χ1v) is 7.38. The minimum atomic E-state index is -0.478. The second-order valence-electron chi connectivity index (χ2n) is 4.54. The Kier molecular flexibility index (Phi) is 5.31. The lowest BCUT2D eigenvalue weighted by atomic mass is 9.97. The van der Waals surface area contributed by atoms with Crippen molar-refractivity contribution in [3.63, 3.8) is 0 Å². The normalized spacial score (nSPS) is 12.2. The highest BCUT2D eigenvalue weighted by atomic mass is 79.9. The predicted molar refractivity (Wildman–Crippen MR) is 82.6 cm³/mol. The second kappa shape index (κ2) is 7.00. The van der Waals surface area contributed by atoms with Gasteiger partial charge in [-0.1, -0.05) is 28.9 Å². The van der Waals surface area contributed by atoms with E-state index >= 15 is 0 Å². The Morgan fingerprint density at radius 2 is 1.90 bits per heavy atom. The molecule has 0 heterocycles. The van der Waals surface area contributed by atoms with Crippen molar-refractivity contribution in [1.29, 1.82) is 0 Å². The standard InChI is InChI=1S/C16H16BrF2NO/c1-3-20-16(12-6-4-10(17)8-14(12)19)13-9-11(18)5-7-15(13)21-2/h4-9,16,20H,3H2,1-2H3. The molecule has 0 fully saturated rings. The molecular formula is C16H16BrF2NO. The number of hydrogen-bond donors (Lipinski definition) is 1. The maximum atomic E-state index is 14.2. The molecular weight excluding hydrogens is 340 g/mol. The maximum absolute atomic E-state index is 14.2. The molecule has 1 N–H and O–H groups in total. The molecule has 2 aromatic rings. The fourth-order valence-corrected chi connectivity index (χ4v) is 2.59. The molecule has 0 radical (unpaired) electrons. The van der Waals surface area contributed by atoms with Crippen molar-refractivity contribution >= 4 is 15.9 Å². The van der Waals surface area contributed by atoms with E-state index in [0.717, 1.165) is 0 Å². The molecule has 1 unspecified atom stereocenters. The molecule has 2 aromatic carbocycles. The summed E-state index contributed by atoms with van der Waals surface area (Å²) in [5.74, 6) is -0.225. The van der Waals surface area contributed by atoms with E-state index in [1.54, 1.807) is 18.2 Å². The van der Waals surface area contributed by atoms with Crippen molar-refractivity contribution in [3.05, 3.63) is 63.6 Å². The number of ether oxygens (including phenoxy) is 1. The van der Waals surface area contributed by atoms with Crippen LogP contribution < -0.4 is 10.1 Å². The largest absolute Gasteiger partial charge is 0.496 e. The van der Waals surface area contributed by atoms with Gasteiger partial charge in [0, 0.05) is 15.6 Å². The SMILES string of the molecule is CCNC(c1ccc(Br)cc1F)c1cc(F)ccc1OC. The van der Waals surface area contributed by atoms with Crippen LogP contribution in [0, 0.1) is 11.6 Å². The Balaban J connectivity index is 2.55. The van der Waals surface area contributed by atoms with Crippen molar-refractivity contribution in [2.45, 2.75) is 13.0 Å². The lowest BCUT2D eigenvalue weighted by Gasteiger charge is -2.22. The third kappa shape index (κ3) is 3.60. The third-order valence-electron chi connectivity index (χ3n) is 3.18. The summed E-state index contributed by atoms with van der Waals surface area (Å²) in [6.07, 6.45) is 0. The second-order valence-corrected chi connectivity index (χ2v) is 5.46. The van der Waals surface area contributed by atoms with Crippen molar-refractivity contribution in [3.8, 4) is 5.75 Å². The molecule has 0 aromatic heterocycles. The van der Waals surface area contributed by atoms with Gasteiger partial charge < -0.3 is 10.1 Å². The quantitative estimate of drug-likeness (QED) is 0.856. The van der Waals surface area contributed by atoms with E-state index in [9.17, 15) is 8.78 Å². The first-order valence-electron chi connectivity index (χ1n) is 6.58.